The summed E-state index contributed by atoms with van der Waals surface area (Å²) < 4.78 is 0. The molecular weight excluding hydrogens is 398 g/mol. The van der Waals surface area contributed by atoms with Crippen LogP contribution in [-0.2, 0) is 25.7 Å². The topological polar surface area (TPSA) is 12.9 Å². The van der Waals surface area contributed by atoms with Gasteiger partial charge in [0.1, 0.15) is 5.69 Å². The van der Waals surface area contributed by atoms with Crippen molar-refractivity contribution < 1.29 is 0 Å². The second-order valence-electron chi connectivity index (χ2n) is 8.49. The van der Waals surface area contributed by atoms with E-state index in [0.29, 0.717) is 0 Å². The number of hydrogen-bond acceptors (Lipinski definition) is 1. The molecule has 33 heavy (non-hydrogen) atoms. The number of pyridine rings is 1. The van der Waals surface area contributed by atoms with E-state index in [1.165, 1.54) is 38.9 Å². The quantitative estimate of drug-likeness (QED) is 0.313. The third kappa shape index (κ3) is 4.90. The Kier molecular flexibility index (Phi) is 6.06. The highest BCUT2D eigenvalue weighted by atomic mass is 14.7. The van der Waals surface area contributed by atoms with Gasteiger partial charge < -0.3 is 0 Å². The highest BCUT2D eigenvalue weighted by Crippen LogP contribution is 2.18. The van der Waals surface area contributed by atoms with E-state index in [0.717, 1.165) is 36.9 Å². The molecule has 0 saturated carbocycles. The smallest absolute Gasteiger partial charge is 0.116 e. The van der Waals surface area contributed by atoms with Crippen molar-refractivity contribution in [2.24, 2.45) is 0 Å². The van der Waals surface area contributed by atoms with Crippen molar-refractivity contribution in [3.8, 4) is 23.7 Å². The first-order chi connectivity index (χ1) is 16.3. The summed E-state index contributed by atoms with van der Waals surface area (Å²) in [5.74, 6) is 13.0. The molecule has 1 aromatic heterocycles. The van der Waals surface area contributed by atoms with Crippen molar-refractivity contribution in [1.82, 2.24) is 4.98 Å². The molecule has 0 fully saturated rings. The molecule has 6 rings (SSSR count). The lowest BCUT2D eigenvalue weighted by molar-refractivity contribution is 0.935. The Hall–Kier alpha value is -4.07. The largest absolute Gasteiger partial charge is 0.247 e. The van der Waals surface area contributed by atoms with Gasteiger partial charge in [-0.05, 0) is 85.0 Å². The fraction of sp³-hybridized carbons (Fsp3) is 0.156. The van der Waals surface area contributed by atoms with E-state index in [2.05, 4.69) is 108 Å². The van der Waals surface area contributed by atoms with Crippen molar-refractivity contribution in [2.75, 3.05) is 0 Å². The van der Waals surface area contributed by atoms with Gasteiger partial charge in [0.25, 0.3) is 0 Å². The molecule has 2 aliphatic carbocycles. The van der Waals surface area contributed by atoms with Crippen LogP contribution in [0.4, 0.5) is 0 Å². The van der Waals surface area contributed by atoms with Crippen LogP contribution in [0.3, 0.4) is 0 Å². The van der Waals surface area contributed by atoms with Crippen LogP contribution in [0.25, 0.3) is 0 Å². The molecule has 0 N–H and O–H groups in total. The van der Waals surface area contributed by atoms with E-state index < -0.39 is 0 Å². The van der Waals surface area contributed by atoms with Gasteiger partial charge in [-0.2, -0.15) is 0 Å². The van der Waals surface area contributed by atoms with Crippen molar-refractivity contribution in [3.05, 3.63) is 135 Å². The molecule has 1 heteroatoms. The van der Waals surface area contributed by atoms with Crippen LogP contribution in [0, 0.1) is 30.6 Å². The van der Waals surface area contributed by atoms with Gasteiger partial charge in [0, 0.05) is 22.9 Å². The fourth-order valence-corrected chi connectivity index (χ4v) is 4.32. The molecule has 158 valence electrons. The zero-order valence-corrected chi connectivity index (χ0v) is 18.9. The lowest BCUT2D eigenvalue weighted by atomic mass is 9.95. The number of aryl methyl sites for hydroxylation is 5. The predicted octanol–water partition coefficient (Wildman–Crippen LogP) is 6.07. The van der Waals surface area contributed by atoms with Crippen LogP contribution in [0.15, 0.2) is 85.1 Å². The molecule has 0 amide bonds. The number of benzene rings is 3. The summed E-state index contributed by atoms with van der Waals surface area (Å²) in [6.45, 7) is 2.13. The molecule has 1 heterocycles. The number of nitrogens with zero attached hydrogens (tertiary/aromatic N) is 1. The molecule has 2 aliphatic rings. The maximum Gasteiger partial charge on any atom is 0.116 e. The first-order valence-corrected chi connectivity index (χ1v) is 11.5. The Bertz CT molecular complexity index is 1390. The van der Waals surface area contributed by atoms with Crippen molar-refractivity contribution in [3.63, 3.8) is 0 Å². The number of aromatic nitrogens is 1. The highest BCUT2D eigenvalue weighted by molar-refractivity contribution is 5.51. The van der Waals surface area contributed by atoms with E-state index in [9.17, 15) is 0 Å². The molecule has 4 aromatic rings. The van der Waals surface area contributed by atoms with Crippen LogP contribution >= 0.6 is 0 Å². The van der Waals surface area contributed by atoms with Crippen LogP contribution in [0.1, 0.15) is 50.2 Å². The van der Waals surface area contributed by atoms with Gasteiger partial charge >= 0.3 is 0 Å². The number of rotatable bonds is 0. The van der Waals surface area contributed by atoms with Gasteiger partial charge in [-0.3, -0.25) is 0 Å². The van der Waals surface area contributed by atoms with Crippen molar-refractivity contribution >= 4 is 0 Å². The van der Waals surface area contributed by atoms with E-state index in [4.69, 9.17) is 0 Å². The minimum atomic E-state index is 0.929. The molecule has 0 saturated heterocycles. The monoisotopic (exact) mass is 423 g/mol. The van der Waals surface area contributed by atoms with E-state index in [-0.39, 0.29) is 0 Å². The van der Waals surface area contributed by atoms with E-state index in [1.807, 2.05) is 12.3 Å². The second-order valence-corrected chi connectivity index (χ2v) is 8.49. The summed E-state index contributed by atoms with van der Waals surface area (Å²) in [5.41, 5.74) is 11.1. The van der Waals surface area contributed by atoms with Crippen LogP contribution in [-0.4, -0.2) is 4.98 Å². The standard InChI is InChI=1S/C16H13N.C16H12/c1-12-4-5-13-8-9-16-14(3-2-10-17-16)6-7-15(13)11-12;1-2-6-14-11-12-16-8-4-3-7-15(16)10-9-13(14)5-1/h2-5,10-11H,6-7H2,1H3;1-8H,9-10H2. The van der Waals surface area contributed by atoms with Gasteiger partial charge in [-0.15, -0.1) is 0 Å². The fourth-order valence-electron chi connectivity index (χ4n) is 4.32. The van der Waals surface area contributed by atoms with Gasteiger partial charge in [0.15, 0.2) is 0 Å². The Morgan fingerprint density at radius 1 is 0.545 bits per heavy atom. The number of hydrogen-bond donors (Lipinski definition) is 0. The first kappa shape index (κ1) is 20.8. The minimum absolute atomic E-state index is 0.929. The Balaban J connectivity index is 0.000000139. The summed E-state index contributed by atoms with van der Waals surface area (Å²) >= 11 is 0. The molecule has 0 aliphatic heterocycles. The average Bonchev–Trinajstić information content (AvgIpc) is 2.83. The third-order valence-corrected chi connectivity index (χ3v) is 6.16. The SMILES string of the molecule is C1#Cc2ccccc2CCc2ccccc21.Cc1ccc2c(c1)CCc1cccnc1C#C2. The molecule has 0 bridgehead atoms. The molecule has 0 atom stereocenters. The van der Waals surface area contributed by atoms with E-state index >= 15 is 0 Å². The molecule has 0 radical (unpaired) electrons. The molecular formula is C32H25N. The Labute approximate surface area is 196 Å². The second kappa shape index (κ2) is 9.60. The highest BCUT2D eigenvalue weighted by Gasteiger charge is 2.08. The summed E-state index contributed by atoms with van der Waals surface area (Å²) in [5, 5.41) is 0. The third-order valence-electron chi connectivity index (χ3n) is 6.16. The Morgan fingerprint density at radius 2 is 1.09 bits per heavy atom. The van der Waals surface area contributed by atoms with Gasteiger partial charge in [-0.25, -0.2) is 4.98 Å². The molecule has 1 nitrogen and oxygen atoms in total. The zero-order chi connectivity index (χ0) is 22.5. The lowest BCUT2D eigenvalue weighted by Gasteiger charge is -2.10. The van der Waals surface area contributed by atoms with Crippen LogP contribution in [0.5, 0.6) is 0 Å². The van der Waals surface area contributed by atoms with Gasteiger partial charge in [0.2, 0.25) is 0 Å². The summed E-state index contributed by atoms with van der Waals surface area (Å²) in [4.78, 5) is 4.34. The minimum Gasteiger partial charge on any atom is -0.247 e. The van der Waals surface area contributed by atoms with Gasteiger partial charge in [0.05, 0.1) is 0 Å². The van der Waals surface area contributed by atoms with Gasteiger partial charge in [-0.1, -0.05) is 77.9 Å². The predicted molar refractivity (Wildman–Crippen MR) is 135 cm³/mol. The number of fused-ring (bicyclic) bond motifs is 4. The summed E-state index contributed by atoms with van der Waals surface area (Å²) in [7, 11) is 0. The molecule has 3 aromatic carbocycles. The van der Waals surface area contributed by atoms with Crippen molar-refractivity contribution in [1.29, 1.82) is 0 Å². The maximum absolute atomic E-state index is 4.34. The maximum atomic E-state index is 4.34. The lowest BCUT2D eigenvalue weighted by Crippen LogP contribution is -2.01. The van der Waals surface area contributed by atoms with Crippen molar-refractivity contribution in [2.45, 2.75) is 32.6 Å². The summed E-state index contributed by atoms with van der Waals surface area (Å²) in [6.07, 6.45) is 6.05. The van der Waals surface area contributed by atoms with Crippen LogP contribution < -0.4 is 0 Å². The van der Waals surface area contributed by atoms with Crippen LogP contribution in [0.2, 0.25) is 0 Å². The molecule has 0 spiro atoms. The molecule has 0 unspecified atom stereocenters. The average molecular weight is 424 g/mol. The summed E-state index contributed by atoms with van der Waals surface area (Å²) in [6, 6.07) is 27.5. The Morgan fingerprint density at radius 3 is 1.82 bits per heavy atom. The normalized spacial score (nSPS) is 12.5. The first-order valence-electron chi connectivity index (χ1n) is 11.5. The van der Waals surface area contributed by atoms with E-state index in [1.54, 1.807) is 0 Å². The zero-order valence-electron chi connectivity index (χ0n) is 18.9.